The minimum absolute atomic E-state index is 0. The van der Waals surface area contributed by atoms with Crippen LogP contribution in [0, 0.1) is 6.92 Å². The number of nitrogens with zero attached hydrogens (tertiary/aromatic N) is 3. The lowest BCUT2D eigenvalue weighted by molar-refractivity contribution is 0.376. The van der Waals surface area contributed by atoms with E-state index in [-0.39, 0.29) is 24.0 Å². The maximum atomic E-state index is 5.82. The molecule has 0 saturated carbocycles. The predicted molar refractivity (Wildman–Crippen MR) is 94.1 cm³/mol. The Labute approximate surface area is 141 Å². The van der Waals surface area contributed by atoms with Crippen LogP contribution in [0.25, 0.3) is 0 Å². The molecular formula is C14H20IN5O. The maximum absolute atomic E-state index is 5.82. The van der Waals surface area contributed by atoms with Crippen molar-refractivity contribution >= 4 is 35.6 Å². The van der Waals surface area contributed by atoms with Crippen molar-refractivity contribution in [3.8, 4) is 0 Å². The average molecular weight is 401 g/mol. The Balaban J connectivity index is 0.00000220. The van der Waals surface area contributed by atoms with Crippen LogP contribution in [0.4, 0.5) is 5.69 Å². The molecule has 0 bridgehead atoms. The Bertz CT molecular complexity index is 579. The normalized spacial score (nSPS) is 11.0. The van der Waals surface area contributed by atoms with E-state index >= 15 is 0 Å². The molecule has 0 aliphatic heterocycles. The highest BCUT2D eigenvalue weighted by atomic mass is 127. The third-order valence-corrected chi connectivity index (χ3v) is 2.81. The van der Waals surface area contributed by atoms with Crippen LogP contribution >= 0.6 is 24.0 Å². The number of benzene rings is 1. The third kappa shape index (κ3) is 5.70. The molecule has 0 aliphatic carbocycles. The number of rotatable bonds is 5. The van der Waals surface area contributed by atoms with Crippen molar-refractivity contribution in [2.24, 2.45) is 10.7 Å². The smallest absolute Gasteiger partial charge is 0.228 e. The van der Waals surface area contributed by atoms with Crippen LogP contribution in [-0.4, -0.2) is 22.6 Å². The summed E-state index contributed by atoms with van der Waals surface area (Å²) in [4.78, 5) is 8.32. The van der Waals surface area contributed by atoms with Crippen molar-refractivity contribution in [2.75, 3.05) is 11.9 Å². The molecule has 1 aromatic heterocycles. The lowest BCUT2D eigenvalue weighted by atomic mass is 10.1. The van der Waals surface area contributed by atoms with Gasteiger partial charge in [-0.25, -0.2) is 0 Å². The van der Waals surface area contributed by atoms with Crippen molar-refractivity contribution in [1.29, 1.82) is 0 Å². The number of aliphatic imine (C=N–C) groups is 1. The van der Waals surface area contributed by atoms with E-state index in [9.17, 15) is 0 Å². The lowest BCUT2D eigenvalue weighted by Crippen LogP contribution is -2.23. The molecule has 0 spiro atoms. The van der Waals surface area contributed by atoms with Crippen molar-refractivity contribution < 1.29 is 4.52 Å². The topological polar surface area (TPSA) is 89.3 Å². The van der Waals surface area contributed by atoms with Gasteiger partial charge in [0.15, 0.2) is 11.8 Å². The second-order valence-electron chi connectivity index (χ2n) is 4.43. The number of hydrogen-bond acceptors (Lipinski definition) is 4. The van der Waals surface area contributed by atoms with E-state index in [1.807, 2.05) is 12.1 Å². The lowest BCUT2D eigenvalue weighted by Gasteiger charge is -2.06. The van der Waals surface area contributed by atoms with Crippen LogP contribution in [0.3, 0.4) is 0 Å². The molecule has 3 N–H and O–H groups in total. The van der Waals surface area contributed by atoms with Crippen molar-refractivity contribution in [1.82, 2.24) is 10.1 Å². The number of hydrogen-bond donors (Lipinski definition) is 2. The van der Waals surface area contributed by atoms with Crippen molar-refractivity contribution in [2.45, 2.75) is 26.7 Å². The number of guanidine groups is 1. The van der Waals surface area contributed by atoms with E-state index in [0.717, 1.165) is 12.1 Å². The van der Waals surface area contributed by atoms with Gasteiger partial charge in [0.05, 0.1) is 6.54 Å². The molecule has 0 aliphatic rings. The minimum atomic E-state index is 0. The first-order valence-corrected chi connectivity index (χ1v) is 6.62. The number of aromatic nitrogens is 2. The van der Waals surface area contributed by atoms with E-state index in [1.54, 1.807) is 6.92 Å². The Kier molecular flexibility index (Phi) is 7.13. The van der Waals surface area contributed by atoms with Crippen molar-refractivity contribution in [3.63, 3.8) is 0 Å². The Morgan fingerprint density at radius 2 is 2.05 bits per heavy atom. The fraction of sp³-hybridized carbons (Fsp3) is 0.357. The molecule has 0 unspecified atom stereocenters. The Morgan fingerprint density at radius 3 is 2.62 bits per heavy atom. The zero-order chi connectivity index (χ0) is 14.4. The van der Waals surface area contributed by atoms with Crippen LogP contribution < -0.4 is 11.1 Å². The van der Waals surface area contributed by atoms with Crippen LogP contribution in [0.15, 0.2) is 33.8 Å². The standard InChI is InChI=1S/C14H19N5O.HI/c1-3-11-4-6-12(7-5-11)18-14(15)16-9-8-13-17-10(2)19-20-13;/h4-7H,3,8-9H2,1-2H3,(H3,15,16,18);1H. The first kappa shape index (κ1) is 17.4. The molecule has 114 valence electrons. The zero-order valence-electron chi connectivity index (χ0n) is 12.2. The molecular weight excluding hydrogens is 381 g/mol. The number of halogens is 1. The van der Waals surface area contributed by atoms with E-state index in [0.29, 0.717) is 30.6 Å². The monoisotopic (exact) mass is 401 g/mol. The number of nitrogens with two attached hydrogens (primary N) is 1. The van der Waals surface area contributed by atoms with E-state index in [4.69, 9.17) is 10.3 Å². The fourth-order valence-electron chi connectivity index (χ4n) is 1.72. The van der Waals surface area contributed by atoms with Gasteiger partial charge in [-0.15, -0.1) is 24.0 Å². The molecule has 7 heteroatoms. The fourth-order valence-corrected chi connectivity index (χ4v) is 1.72. The van der Waals surface area contributed by atoms with E-state index < -0.39 is 0 Å². The molecule has 1 aromatic carbocycles. The van der Waals surface area contributed by atoms with Gasteiger partial charge < -0.3 is 15.6 Å². The predicted octanol–water partition coefficient (Wildman–Crippen LogP) is 2.53. The summed E-state index contributed by atoms with van der Waals surface area (Å²) in [5.41, 5.74) is 8.04. The summed E-state index contributed by atoms with van der Waals surface area (Å²) in [6, 6.07) is 8.11. The molecule has 0 amide bonds. The highest BCUT2D eigenvalue weighted by Crippen LogP contribution is 2.09. The Hall–Kier alpha value is -1.64. The largest absolute Gasteiger partial charge is 0.370 e. The molecule has 2 rings (SSSR count). The van der Waals surface area contributed by atoms with E-state index in [1.165, 1.54) is 5.56 Å². The summed E-state index contributed by atoms with van der Waals surface area (Å²) in [5, 5.41) is 6.76. The van der Waals surface area contributed by atoms with Crippen LogP contribution in [0.2, 0.25) is 0 Å². The van der Waals surface area contributed by atoms with Gasteiger partial charge in [0.2, 0.25) is 5.89 Å². The second-order valence-corrected chi connectivity index (χ2v) is 4.43. The van der Waals surface area contributed by atoms with E-state index in [2.05, 4.69) is 39.5 Å². The summed E-state index contributed by atoms with van der Waals surface area (Å²) in [5.74, 6) is 1.59. The maximum Gasteiger partial charge on any atom is 0.228 e. The second kappa shape index (κ2) is 8.60. The first-order chi connectivity index (χ1) is 9.67. The summed E-state index contributed by atoms with van der Waals surface area (Å²) in [6.45, 7) is 4.41. The molecule has 0 radical (unpaired) electrons. The highest BCUT2D eigenvalue weighted by molar-refractivity contribution is 14.0. The van der Waals surface area contributed by atoms with Gasteiger partial charge in [-0.1, -0.05) is 24.2 Å². The van der Waals surface area contributed by atoms with Crippen LogP contribution in [0.5, 0.6) is 0 Å². The van der Waals surface area contributed by atoms with Crippen LogP contribution in [0.1, 0.15) is 24.2 Å². The quantitative estimate of drug-likeness (QED) is 0.457. The van der Waals surface area contributed by atoms with Crippen molar-refractivity contribution in [3.05, 3.63) is 41.5 Å². The SMILES string of the molecule is CCc1ccc(NC(N)=NCCc2nc(C)no2)cc1.I. The third-order valence-electron chi connectivity index (χ3n) is 2.81. The first-order valence-electron chi connectivity index (χ1n) is 6.62. The molecule has 0 saturated heterocycles. The zero-order valence-corrected chi connectivity index (χ0v) is 14.5. The van der Waals surface area contributed by atoms with Crippen LogP contribution in [-0.2, 0) is 12.8 Å². The van der Waals surface area contributed by atoms with Gasteiger partial charge >= 0.3 is 0 Å². The molecule has 0 atom stereocenters. The molecule has 2 aromatic rings. The molecule has 1 heterocycles. The summed E-state index contributed by atoms with van der Waals surface area (Å²) in [7, 11) is 0. The number of nitrogens with one attached hydrogen (secondary N) is 1. The molecule has 21 heavy (non-hydrogen) atoms. The van der Waals surface area contributed by atoms with Gasteiger partial charge in [-0.2, -0.15) is 4.98 Å². The highest BCUT2D eigenvalue weighted by Gasteiger charge is 2.01. The summed E-state index contributed by atoms with van der Waals surface area (Å²) in [6.07, 6.45) is 1.60. The van der Waals surface area contributed by atoms with Gasteiger partial charge in [-0.05, 0) is 31.0 Å². The molecule has 0 fully saturated rings. The van der Waals surface area contributed by atoms with Gasteiger partial charge in [-0.3, -0.25) is 4.99 Å². The minimum Gasteiger partial charge on any atom is -0.370 e. The summed E-state index contributed by atoms with van der Waals surface area (Å²) < 4.78 is 5.00. The molecule has 6 nitrogen and oxygen atoms in total. The summed E-state index contributed by atoms with van der Waals surface area (Å²) >= 11 is 0. The Morgan fingerprint density at radius 1 is 1.33 bits per heavy atom. The number of anilines is 1. The van der Waals surface area contributed by atoms with Gasteiger partial charge in [0.1, 0.15) is 0 Å². The van der Waals surface area contributed by atoms with Gasteiger partial charge in [0.25, 0.3) is 0 Å². The number of aryl methyl sites for hydroxylation is 2. The van der Waals surface area contributed by atoms with Gasteiger partial charge in [0, 0.05) is 12.1 Å². The average Bonchev–Trinajstić information content (AvgIpc) is 2.85.